The van der Waals surface area contributed by atoms with Crippen LogP contribution in [0.25, 0.3) is 0 Å². The van der Waals surface area contributed by atoms with Gasteiger partial charge in [0.05, 0.1) is 11.8 Å². The van der Waals surface area contributed by atoms with E-state index < -0.39 is 6.10 Å². The molecule has 0 radical (unpaired) electrons. The number of hydrogen-bond donors (Lipinski definition) is 1. The molecule has 0 aliphatic rings. The van der Waals surface area contributed by atoms with Crippen LogP contribution in [0.2, 0.25) is 5.15 Å². The van der Waals surface area contributed by atoms with Crippen LogP contribution in [0.1, 0.15) is 22.9 Å². The summed E-state index contributed by atoms with van der Waals surface area (Å²) in [5.74, 6) is 0. The highest BCUT2D eigenvalue weighted by molar-refractivity contribution is 7.07. The van der Waals surface area contributed by atoms with Gasteiger partial charge in [0, 0.05) is 19.0 Å². The average Bonchev–Trinajstić information content (AvgIpc) is 2.83. The van der Waals surface area contributed by atoms with Gasteiger partial charge in [-0.2, -0.15) is 16.4 Å². The first kappa shape index (κ1) is 11.6. The molecule has 0 aliphatic carbocycles. The van der Waals surface area contributed by atoms with E-state index in [0.29, 0.717) is 11.6 Å². The monoisotopic (exact) mass is 256 g/mol. The van der Waals surface area contributed by atoms with Gasteiger partial charge in [-0.3, -0.25) is 4.68 Å². The van der Waals surface area contributed by atoms with E-state index in [1.165, 1.54) is 0 Å². The van der Waals surface area contributed by atoms with Gasteiger partial charge in [0.25, 0.3) is 0 Å². The third-order valence-corrected chi connectivity index (χ3v) is 3.77. The molecule has 0 bridgehead atoms. The molecule has 2 aromatic rings. The van der Waals surface area contributed by atoms with Crippen LogP contribution in [0.3, 0.4) is 0 Å². The molecular formula is C11H13ClN2OS. The van der Waals surface area contributed by atoms with Gasteiger partial charge >= 0.3 is 0 Å². The smallest absolute Gasteiger partial charge is 0.130 e. The number of aromatic nitrogens is 2. The number of hydrogen-bond acceptors (Lipinski definition) is 3. The second-order valence-electron chi connectivity index (χ2n) is 3.75. The molecule has 0 fully saturated rings. The maximum absolute atomic E-state index is 10.0. The highest BCUT2D eigenvalue weighted by Gasteiger charge is 2.16. The Bertz CT molecular complexity index is 478. The van der Waals surface area contributed by atoms with Crippen LogP contribution in [-0.4, -0.2) is 14.9 Å². The molecule has 2 aromatic heterocycles. The number of aliphatic hydroxyl groups excluding tert-OH is 1. The summed E-state index contributed by atoms with van der Waals surface area (Å²) in [5, 5.41) is 18.8. The van der Waals surface area contributed by atoms with Gasteiger partial charge in [-0.1, -0.05) is 11.6 Å². The summed E-state index contributed by atoms with van der Waals surface area (Å²) in [6.45, 7) is 1.90. The van der Waals surface area contributed by atoms with Crippen molar-refractivity contribution in [1.82, 2.24) is 9.78 Å². The van der Waals surface area contributed by atoms with Gasteiger partial charge in [-0.25, -0.2) is 0 Å². The van der Waals surface area contributed by atoms with Gasteiger partial charge < -0.3 is 5.11 Å². The molecule has 86 valence electrons. The van der Waals surface area contributed by atoms with Crippen LogP contribution in [-0.2, 0) is 13.5 Å². The summed E-state index contributed by atoms with van der Waals surface area (Å²) >= 11 is 7.69. The third-order valence-electron chi connectivity index (χ3n) is 2.60. The van der Waals surface area contributed by atoms with E-state index in [9.17, 15) is 5.11 Å². The van der Waals surface area contributed by atoms with E-state index in [-0.39, 0.29) is 0 Å². The zero-order valence-electron chi connectivity index (χ0n) is 9.14. The van der Waals surface area contributed by atoms with E-state index >= 15 is 0 Å². The second kappa shape index (κ2) is 4.57. The fourth-order valence-corrected chi connectivity index (χ4v) is 2.64. The first-order valence-electron chi connectivity index (χ1n) is 4.97. The minimum Gasteiger partial charge on any atom is -0.388 e. The molecule has 0 saturated heterocycles. The number of aryl methyl sites for hydroxylation is 2. The Morgan fingerprint density at radius 1 is 1.62 bits per heavy atom. The van der Waals surface area contributed by atoms with Crippen molar-refractivity contribution in [3.63, 3.8) is 0 Å². The fraction of sp³-hybridized carbons (Fsp3) is 0.364. The number of aliphatic hydroxyl groups is 1. The Kier molecular flexibility index (Phi) is 3.33. The van der Waals surface area contributed by atoms with Crippen molar-refractivity contribution in [1.29, 1.82) is 0 Å². The largest absolute Gasteiger partial charge is 0.388 e. The van der Waals surface area contributed by atoms with Crippen molar-refractivity contribution in [2.45, 2.75) is 19.4 Å². The SMILES string of the molecule is Cc1nn(C)c(Cl)c1CC(O)c1ccsc1. The summed E-state index contributed by atoms with van der Waals surface area (Å²) in [4.78, 5) is 0. The van der Waals surface area contributed by atoms with Crippen LogP contribution >= 0.6 is 22.9 Å². The molecule has 0 amide bonds. The lowest BCUT2D eigenvalue weighted by molar-refractivity contribution is 0.179. The molecule has 16 heavy (non-hydrogen) atoms. The molecule has 1 N–H and O–H groups in total. The molecular weight excluding hydrogens is 244 g/mol. The van der Waals surface area contributed by atoms with Crippen molar-refractivity contribution in [3.05, 3.63) is 38.8 Å². The van der Waals surface area contributed by atoms with Crippen molar-refractivity contribution in [2.24, 2.45) is 7.05 Å². The summed E-state index contributed by atoms with van der Waals surface area (Å²) in [6, 6.07) is 1.93. The normalized spacial score (nSPS) is 13.0. The van der Waals surface area contributed by atoms with Crippen LogP contribution in [0.4, 0.5) is 0 Å². The average molecular weight is 257 g/mol. The first-order chi connectivity index (χ1) is 7.59. The molecule has 0 spiro atoms. The topological polar surface area (TPSA) is 38.0 Å². The lowest BCUT2D eigenvalue weighted by atomic mass is 10.0. The number of rotatable bonds is 3. The molecule has 1 unspecified atom stereocenters. The quantitative estimate of drug-likeness (QED) is 0.917. The van der Waals surface area contributed by atoms with Gasteiger partial charge in [-0.05, 0) is 29.3 Å². The van der Waals surface area contributed by atoms with E-state index in [2.05, 4.69) is 5.10 Å². The Morgan fingerprint density at radius 3 is 2.88 bits per heavy atom. The number of halogens is 1. The standard InChI is InChI=1S/C11H13ClN2OS/c1-7-9(11(12)14(2)13-7)5-10(15)8-3-4-16-6-8/h3-4,6,10,15H,5H2,1-2H3. The summed E-state index contributed by atoms with van der Waals surface area (Å²) in [5.41, 5.74) is 2.73. The van der Waals surface area contributed by atoms with E-state index in [4.69, 9.17) is 11.6 Å². The Balaban J connectivity index is 2.21. The second-order valence-corrected chi connectivity index (χ2v) is 4.89. The highest BCUT2D eigenvalue weighted by atomic mass is 35.5. The van der Waals surface area contributed by atoms with Gasteiger partial charge in [0.2, 0.25) is 0 Å². The predicted molar refractivity (Wildman–Crippen MR) is 65.9 cm³/mol. The summed E-state index contributed by atoms with van der Waals surface area (Å²) in [6.07, 6.45) is 0.00144. The molecule has 2 rings (SSSR count). The van der Waals surface area contributed by atoms with Crippen molar-refractivity contribution < 1.29 is 5.11 Å². The summed E-state index contributed by atoms with van der Waals surface area (Å²) < 4.78 is 1.63. The lowest BCUT2D eigenvalue weighted by Gasteiger charge is -2.08. The van der Waals surface area contributed by atoms with Gasteiger partial charge in [0.1, 0.15) is 5.15 Å². The number of nitrogens with zero attached hydrogens (tertiary/aromatic N) is 2. The van der Waals surface area contributed by atoms with Gasteiger partial charge in [0.15, 0.2) is 0 Å². The van der Waals surface area contributed by atoms with Crippen molar-refractivity contribution in [2.75, 3.05) is 0 Å². The zero-order chi connectivity index (χ0) is 11.7. The lowest BCUT2D eigenvalue weighted by Crippen LogP contribution is -2.01. The Morgan fingerprint density at radius 2 is 2.38 bits per heavy atom. The van der Waals surface area contributed by atoms with Crippen LogP contribution < -0.4 is 0 Å². The van der Waals surface area contributed by atoms with E-state index in [1.807, 2.05) is 23.8 Å². The third kappa shape index (κ3) is 2.14. The predicted octanol–water partition coefficient (Wildman–Crippen LogP) is 2.72. The zero-order valence-corrected chi connectivity index (χ0v) is 10.7. The van der Waals surface area contributed by atoms with Crippen molar-refractivity contribution >= 4 is 22.9 Å². The summed E-state index contributed by atoms with van der Waals surface area (Å²) in [7, 11) is 1.80. The minimum absolute atomic E-state index is 0.508. The Labute approximate surface area is 103 Å². The maximum Gasteiger partial charge on any atom is 0.130 e. The van der Waals surface area contributed by atoms with Crippen molar-refractivity contribution in [3.8, 4) is 0 Å². The maximum atomic E-state index is 10.0. The molecule has 0 saturated carbocycles. The Hall–Kier alpha value is -0.840. The fourth-order valence-electron chi connectivity index (χ4n) is 1.68. The molecule has 3 nitrogen and oxygen atoms in total. The van der Waals surface area contributed by atoms with Crippen LogP contribution in [0.5, 0.6) is 0 Å². The molecule has 1 atom stereocenters. The van der Waals surface area contributed by atoms with E-state index in [0.717, 1.165) is 16.8 Å². The molecule has 2 heterocycles. The molecule has 0 aromatic carbocycles. The van der Waals surface area contributed by atoms with Crippen LogP contribution in [0.15, 0.2) is 16.8 Å². The highest BCUT2D eigenvalue weighted by Crippen LogP contribution is 2.26. The first-order valence-corrected chi connectivity index (χ1v) is 6.29. The molecule has 0 aliphatic heterocycles. The van der Waals surface area contributed by atoms with Crippen LogP contribution in [0, 0.1) is 6.92 Å². The minimum atomic E-state index is -0.508. The molecule has 5 heteroatoms. The number of thiophene rings is 1. The van der Waals surface area contributed by atoms with Gasteiger partial charge in [-0.15, -0.1) is 0 Å². The van der Waals surface area contributed by atoms with E-state index in [1.54, 1.807) is 23.1 Å².